The van der Waals surface area contributed by atoms with Gasteiger partial charge in [0.15, 0.2) is 0 Å². The molecule has 1 rings (SSSR count). The molecule has 1 aliphatic carbocycles. The number of phosphoric ester groups is 1. The van der Waals surface area contributed by atoms with Crippen LogP contribution in [0.4, 0.5) is 0 Å². The Hall–Kier alpha value is -0.920. The van der Waals surface area contributed by atoms with Crippen LogP contribution in [0.2, 0.25) is 0 Å². The Balaban J connectivity index is 2.28. The minimum Gasteiger partial charge on any atom is -0.457 e. The van der Waals surface area contributed by atoms with E-state index in [1.807, 2.05) is 0 Å². The smallest absolute Gasteiger partial charge is 0.457 e. The molecule has 13 heteroatoms. The molecule has 1 saturated carbocycles. The lowest BCUT2D eigenvalue weighted by molar-refractivity contribution is -0.220. The molecular formula is C50H97O12P. The third-order valence-electron chi connectivity index (χ3n) is 12.4. The van der Waals surface area contributed by atoms with Gasteiger partial charge in [-0.05, 0) is 38.5 Å². The number of allylic oxidation sites excluding steroid dienone is 2. The summed E-state index contributed by atoms with van der Waals surface area (Å²) in [6.07, 6.45) is 34.3. The van der Waals surface area contributed by atoms with Gasteiger partial charge in [0.05, 0.1) is 13.2 Å². The van der Waals surface area contributed by atoms with Gasteiger partial charge >= 0.3 is 13.8 Å². The molecule has 6 N–H and O–H groups in total. The number of aliphatic hydroxyl groups is 5. The summed E-state index contributed by atoms with van der Waals surface area (Å²) in [7, 11) is -5.02. The zero-order chi connectivity index (χ0) is 46.2. The summed E-state index contributed by atoms with van der Waals surface area (Å²) >= 11 is 0. The van der Waals surface area contributed by atoms with Crippen molar-refractivity contribution in [3.8, 4) is 0 Å². The fraction of sp³-hybridized carbons (Fsp3) is 0.940. The number of aliphatic hydroxyl groups excluding tert-OH is 5. The second-order valence-corrected chi connectivity index (χ2v) is 19.8. The highest BCUT2D eigenvalue weighted by Gasteiger charge is 2.51. The molecule has 6 atom stereocenters. The van der Waals surface area contributed by atoms with Crippen LogP contribution in [-0.2, 0) is 27.9 Å². The van der Waals surface area contributed by atoms with E-state index in [1.165, 1.54) is 161 Å². The Morgan fingerprint density at radius 3 is 1.29 bits per heavy atom. The average molecular weight is 921 g/mol. The largest absolute Gasteiger partial charge is 0.472 e. The van der Waals surface area contributed by atoms with Crippen LogP contribution in [0.15, 0.2) is 12.2 Å². The fourth-order valence-electron chi connectivity index (χ4n) is 8.23. The van der Waals surface area contributed by atoms with E-state index in [-0.39, 0.29) is 13.0 Å². The zero-order valence-corrected chi connectivity index (χ0v) is 41.0. The van der Waals surface area contributed by atoms with Crippen LogP contribution in [-0.4, -0.2) is 98.9 Å². The quantitative estimate of drug-likeness (QED) is 0.0147. The van der Waals surface area contributed by atoms with Gasteiger partial charge in [-0.25, -0.2) is 4.57 Å². The number of rotatable bonds is 45. The normalized spacial score (nSPS) is 21.8. The third-order valence-corrected chi connectivity index (χ3v) is 13.4. The lowest BCUT2D eigenvalue weighted by Gasteiger charge is -2.41. The zero-order valence-electron chi connectivity index (χ0n) is 40.1. The van der Waals surface area contributed by atoms with Crippen molar-refractivity contribution in [3.63, 3.8) is 0 Å². The molecule has 0 aromatic carbocycles. The summed E-state index contributed by atoms with van der Waals surface area (Å²) in [5, 5.41) is 50.3. The highest BCUT2D eigenvalue weighted by atomic mass is 31.2. The third kappa shape index (κ3) is 33.2. The Morgan fingerprint density at radius 1 is 0.492 bits per heavy atom. The first-order valence-electron chi connectivity index (χ1n) is 26.0. The van der Waals surface area contributed by atoms with E-state index in [0.29, 0.717) is 13.0 Å². The second kappa shape index (κ2) is 41.3. The van der Waals surface area contributed by atoms with Crippen LogP contribution in [0.5, 0.6) is 0 Å². The summed E-state index contributed by atoms with van der Waals surface area (Å²) in [6.45, 7) is 4.26. The van der Waals surface area contributed by atoms with E-state index >= 15 is 0 Å². The Morgan fingerprint density at radius 2 is 0.841 bits per heavy atom. The van der Waals surface area contributed by atoms with Gasteiger partial charge in [0, 0.05) is 13.0 Å². The molecule has 1 fully saturated rings. The lowest BCUT2D eigenvalue weighted by atomic mass is 9.85. The number of hydrogen-bond donors (Lipinski definition) is 6. The fourth-order valence-corrected chi connectivity index (χ4v) is 9.21. The number of esters is 1. The topological polar surface area (TPSA) is 192 Å². The molecule has 0 aromatic heterocycles. The van der Waals surface area contributed by atoms with Gasteiger partial charge in [0.1, 0.15) is 42.7 Å². The van der Waals surface area contributed by atoms with Crippen molar-refractivity contribution >= 4 is 13.8 Å². The van der Waals surface area contributed by atoms with Gasteiger partial charge in [-0.3, -0.25) is 13.8 Å². The number of hydrogen-bond acceptors (Lipinski definition) is 11. The van der Waals surface area contributed by atoms with Gasteiger partial charge in [-0.15, -0.1) is 0 Å². The molecule has 1 aliphatic rings. The van der Waals surface area contributed by atoms with Gasteiger partial charge in [-0.1, -0.05) is 206 Å². The van der Waals surface area contributed by atoms with Gasteiger partial charge in [-0.2, -0.15) is 0 Å². The van der Waals surface area contributed by atoms with Crippen molar-refractivity contribution in [2.75, 3.05) is 19.8 Å². The maximum absolute atomic E-state index is 12.8. The van der Waals surface area contributed by atoms with E-state index in [0.717, 1.165) is 51.4 Å². The highest BCUT2D eigenvalue weighted by molar-refractivity contribution is 7.47. The molecule has 0 amide bonds. The molecule has 12 nitrogen and oxygen atoms in total. The molecule has 6 unspecified atom stereocenters. The van der Waals surface area contributed by atoms with Crippen LogP contribution in [0, 0.1) is 0 Å². The van der Waals surface area contributed by atoms with Crippen LogP contribution < -0.4 is 0 Å². The number of ether oxygens (including phenoxy) is 2. The summed E-state index contributed by atoms with van der Waals surface area (Å²) in [5.41, 5.74) is 0. The monoisotopic (exact) mass is 921 g/mol. The molecule has 0 heterocycles. The van der Waals surface area contributed by atoms with Crippen molar-refractivity contribution in [1.29, 1.82) is 0 Å². The van der Waals surface area contributed by atoms with Crippen molar-refractivity contribution < 1.29 is 58.3 Å². The maximum Gasteiger partial charge on any atom is 0.472 e. The first-order chi connectivity index (χ1) is 30.5. The van der Waals surface area contributed by atoms with E-state index < -0.39 is 63.1 Å². The SMILES string of the molecule is CCCCC/C=C\CCCCCCCCOCC(COP(=O)(O)OC1C(O)C(O)C(O)C(O)C1O)OC(=O)CCCCCCCCCCCCCCCCCCCCCCCCC. The summed E-state index contributed by atoms with van der Waals surface area (Å²) < 4.78 is 34.3. The van der Waals surface area contributed by atoms with Crippen molar-refractivity contribution in [1.82, 2.24) is 0 Å². The van der Waals surface area contributed by atoms with Gasteiger partial charge in [0.25, 0.3) is 0 Å². The van der Waals surface area contributed by atoms with E-state index in [4.69, 9.17) is 18.5 Å². The first kappa shape index (κ1) is 60.1. The summed E-state index contributed by atoms with van der Waals surface area (Å²) in [6, 6.07) is 0. The molecule has 0 bridgehead atoms. The van der Waals surface area contributed by atoms with E-state index in [9.17, 15) is 39.8 Å². The first-order valence-corrected chi connectivity index (χ1v) is 27.5. The standard InChI is InChI=1S/C50H97O12P/c1-3-5-7-9-11-13-15-17-18-19-20-21-22-23-24-25-26-27-29-31-33-35-37-39-44(51)61-43(41-59-40-38-36-34-32-30-28-16-14-12-10-8-6-4-2)42-60-63(57,58)62-50-48(55)46(53)45(52)47(54)49(50)56/h12,14,43,45-50,52-56H,3-11,13,15-42H2,1-2H3,(H,57,58)/b14-12-. The predicted molar refractivity (Wildman–Crippen MR) is 253 cm³/mol. The van der Waals surface area contributed by atoms with Crippen LogP contribution in [0.25, 0.3) is 0 Å². The average Bonchev–Trinajstić information content (AvgIpc) is 3.27. The van der Waals surface area contributed by atoms with Crippen molar-refractivity contribution in [2.45, 2.75) is 281 Å². The molecule has 63 heavy (non-hydrogen) atoms. The predicted octanol–water partition coefficient (Wildman–Crippen LogP) is 11.5. The van der Waals surface area contributed by atoms with Gasteiger partial charge in [0.2, 0.25) is 0 Å². The molecule has 374 valence electrons. The number of phosphoric acid groups is 1. The summed E-state index contributed by atoms with van der Waals surface area (Å²) in [5.74, 6) is -0.474. The van der Waals surface area contributed by atoms with Crippen molar-refractivity contribution in [3.05, 3.63) is 12.2 Å². The van der Waals surface area contributed by atoms with Crippen molar-refractivity contribution in [2.24, 2.45) is 0 Å². The van der Waals surface area contributed by atoms with Crippen LogP contribution in [0.3, 0.4) is 0 Å². The maximum atomic E-state index is 12.8. The highest BCUT2D eigenvalue weighted by Crippen LogP contribution is 2.47. The van der Waals surface area contributed by atoms with Gasteiger partial charge < -0.3 is 39.9 Å². The number of carbonyl (C=O) groups is 1. The Kier molecular flexibility index (Phi) is 39.4. The van der Waals surface area contributed by atoms with Crippen LogP contribution in [0.1, 0.15) is 239 Å². The Bertz CT molecular complexity index is 1100. The lowest BCUT2D eigenvalue weighted by Crippen LogP contribution is -2.64. The van der Waals surface area contributed by atoms with E-state index in [1.54, 1.807) is 0 Å². The molecule has 0 spiro atoms. The number of unbranched alkanes of at least 4 members (excludes halogenated alkanes) is 31. The molecule has 0 radical (unpaired) electrons. The minimum absolute atomic E-state index is 0.0754. The minimum atomic E-state index is -5.02. The molecule has 0 saturated heterocycles. The van der Waals surface area contributed by atoms with E-state index in [2.05, 4.69) is 26.0 Å². The Labute approximate surface area is 384 Å². The molecule has 0 aromatic rings. The second-order valence-electron chi connectivity index (χ2n) is 18.4. The summed E-state index contributed by atoms with van der Waals surface area (Å²) in [4.78, 5) is 23.2. The van der Waals surface area contributed by atoms with Crippen LogP contribution >= 0.6 is 7.82 Å². The number of carbonyl (C=O) groups excluding carboxylic acids is 1. The molecule has 0 aliphatic heterocycles. The molecular weight excluding hydrogens is 824 g/mol.